The van der Waals surface area contributed by atoms with Crippen LogP contribution < -0.4 is 10.2 Å². The van der Waals surface area contributed by atoms with Gasteiger partial charge in [-0.2, -0.15) is 5.26 Å². The third kappa shape index (κ3) is 3.22. The lowest BCUT2D eigenvalue weighted by Crippen LogP contribution is -2.29. The molecule has 0 heterocycles. The molecule has 0 radical (unpaired) electrons. The summed E-state index contributed by atoms with van der Waals surface area (Å²) in [6.45, 7) is 3.19. The fourth-order valence-corrected chi connectivity index (χ4v) is 1.20. The molecule has 4 heteroatoms. The van der Waals surface area contributed by atoms with E-state index in [4.69, 9.17) is 5.26 Å². The number of nitriles is 1. The van der Waals surface area contributed by atoms with Crippen molar-refractivity contribution in [1.82, 2.24) is 0 Å². The number of rotatable bonds is 3. The maximum Gasteiger partial charge on any atom is 0.244 e. The molecule has 0 unspecified atom stereocenters. The van der Waals surface area contributed by atoms with Gasteiger partial charge in [-0.1, -0.05) is 6.07 Å². The Bertz CT molecular complexity index is 458. The zero-order valence-electron chi connectivity index (χ0n) is 10.6. The molecular weight excluding hydrogens is 214 g/mol. The summed E-state index contributed by atoms with van der Waals surface area (Å²) in [5.41, 5.74) is 0.677. The first kappa shape index (κ1) is 13.0. The molecule has 0 saturated heterocycles. The van der Waals surface area contributed by atoms with Gasteiger partial charge in [-0.25, -0.2) is 0 Å². The van der Waals surface area contributed by atoms with Crippen LogP contribution in [-0.4, -0.2) is 20.0 Å². The van der Waals surface area contributed by atoms with E-state index in [-0.39, 0.29) is 5.91 Å². The fourth-order valence-electron chi connectivity index (χ4n) is 1.20. The summed E-state index contributed by atoms with van der Waals surface area (Å²) < 4.78 is 0. The molecule has 0 aliphatic heterocycles. The predicted molar refractivity (Wildman–Crippen MR) is 68.8 cm³/mol. The average molecular weight is 231 g/mol. The first-order valence-corrected chi connectivity index (χ1v) is 5.37. The van der Waals surface area contributed by atoms with Gasteiger partial charge in [-0.05, 0) is 32.0 Å². The summed E-state index contributed by atoms with van der Waals surface area (Å²) in [5, 5.41) is 11.6. The Morgan fingerprint density at radius 3 is 2.59 bits per heavy atom. The minimum Gasteiger partial charge on any atom is -0.378 e. The molecular formula is C13H17N3O. The maximum absolute atomic E-state index is 11.8. The molecule has 0 fully saturated rings. The molecule has 0 aromatic heterocycles. The highest BCUT2D eigenvalue weighted by molar-refractivity contribution is 5.96. The normalized spacial score (nSPS) is 10.5. The molecule has 0 atom stereocenters. The Morgan fingerprint density at radius 1 is 1.41 bits per heavy atom. The van der Waals surface area contributed by atoms with E-state index in [1.807, 2.05) is 43.3 Å². The van der Waals surface area contributed by atoms with E-state index in [9.17, 15) is 4.79 Å². The standard InChI is InChI=1S/C13H17N3O/c1-13(2,9-14)12(17)15-10-6-5-7-11(8-10)16(3)4/h5-8H,1-4H3,(H,15,17). The van der Waals surface area contributed by atoms with Crippen molar-refractivity contribution in [3.05, 3.63) is 24.3 Å². The number of carbonyl (C=O) groups excluding carboxylic acids is 1. The van der Waals surface area contributed by atoms with Crippen LogP contribution in [0.4, 0.5) is 11.4 Å². The summed E-state index contributed by atoms with van der Waals surface area (Å²) in [5.74, 6) is -0.295. The van der Waals surface area contributed by atoms with Crippen LogP contribution in [0.25, 0.3) is 0 Å². The van der Waals surface area contributed by atoms with Crippen molar-refractivity contribution in [1.29, 1.82) is 5.26 Å². The zero-order chi connectivity index (χ0) is 13.1. The Morgan fingerprint density at radius 2 is 2.06 bits per heavy atom. The van der Waals surface area contributed by atoms with Gasteiger partial charge >= 0.3 is 0 Å². The zero-order valence-corrected chi connectivity index (χ0v) is 10.6. The van der Waals surface area contributed by atoms with Gasteiger partial charge in [0.15, 0.2) is 0 Å². The molecule has 1 rings (SSSR count). The lowest BCUT2D eigenvalue weighted by Gasteiger charge is -2.17. The van der Waals surface area contributed by atoms with Crippen molar-refractivity contribution in [2.24, 2.45) is 5.41 Å². The number of hydrogen-bond acceptors (Lipinski definition) is 3. The van der Waals surface area contributed by atoms with Gasteiger partial charge in [-0.15, -0.1) is 0 Å². The first-order valence-electron chi connectivity index (χ1n) is 5.37. The van der Waals surface area contributed by atoms with Crippen molar-refractivity contribution >= 4 is 17.3 Å². The van der Waals surface area contributed by atoms with E-state index in [1.165, 1.54) is 0 Å². The van der Waals surface area contributed by atoms with Crippen molar-refractivity contribution in [3.8, 4) is 6.07 Å². The van der Waals surface area contributed by atoms with Crippen molar-refractivity contribution < 1.29 is 4.79 Å². The minimum absolute atomic E-state index is 0.295. The Hall–Kier alpha value is -2.02. The van der Waals surface area contributed by atoms with Crippen LogP contribution in [0.1, 0.15) is 13.8 Å². The number of nitrogens with one attached hydrogen (secondary N) is 1. The number of nitrogens with zero attached hydrogens (tertiary/aromatic N) is 2. The smallest absolute Gasteiger partial charge is 0.244 e. The number of amides is 1. The highest BCUT2D eigenvalue weighted by atomic mass is 16.2. The van der Waals surface area contributed by atoms with Crippen LogP contribution in [0, 0.1) is 16.7 Å². The van der Waals surface area contributed by atoms with E-state index in [2.05, 4.69) is 5.32 Å². The summed E-state index contributed by atoms with van der Waals surface area (Å²) in [4.78, 5) is 13.7. The number of hydrogen-bond donors (Lipinski definition) is 1. The Balaban J connectivity index is 2.87. The molecule has 17 heavy (non-hydrogen) atoms. The average Bonchev–Trinajstić information content (AvgIpc) is 2.29. The fraction of sp³-hybridized carbons (Fsp3) is 0.385. The summed E-state index contributed by atoms with van der Waals surface area (Å²) in [6.07, 6.45) is 0. The maximum atomic E-state index is 11.8. The third-order valence-corrected chi connectivity index (χ3v) is 2.47. The lowest BCUT2D eigenvalue weighted by molar-refractivity contribution is -0.121. The second kappa shape index (κ2) is 4.88. The van der Waals surface area contributed by atoms with Gasteiger partial charge < -0.3 is 10.2 Å². The van der Waals surface area contributed by atoms with Gasteiger partial charge in [0.1, 0.15) is 5.41 Å². The molecule has 0 saturated carbocycles. The van der Waals surface area contributed by atoms with E-state index in [0.29, 0.717) is 5.69 Å². The molecule has 90 valence electrons. The van der Waals surface area contributed by atoms with E-state index in [0.717, 1.165) is 5.69 Å². The molecule has 0 aliphatic rings. The van der Waals surface area contributed by atoms with E-state index >= 15 is 0 Å². The largest absolute Gasteiger partial charge is 0.378 e. The van der Waals surface area contributed by atoms with Crippen molar-refractivity contribution in [3.63, 3.8) is 0 Å². The van der Waals surface area contributed by atoms with Crippen LogP contribution in [-0.2, 0) is 4.79 Å². The topological polar surface area (TPSA) is 56.1 Å². The predicted octanol–water partition coefficient (Wildman–Crippen LogP) is 2.24. The molecule has 0 aliphatic carbocycles. The third-order valence-electron chi connectivity index (χ3n) is 2.47. The van der Waals surface area contributed by atoms with Crippen molar-refractivity contribution in [2.45, 2.75) is 13.8 Å². The van der Waals surface area contributed by atoms with Gasteiger partial charge in [0.25, 0.3) is 0 Å². The SMILES string of the molecule is CN(C)c1cccc(NC(=O)C(C)(C)C#N)c1. The van der Waals surface area contributed by atoms with Crippen LogP contribution in [0.3, 0.4) is 0 Å². The minimum atomic E-state index is -1.02. The Kier molecular flexibility index (Phi) is 3.74. The van der Waals surface area contributed by atoms with Crippen LogP contribution in [0.2, 0.25) is 0 Å². The van der Waals surface area contributed by atoms with E-state index in [1.54, 1.807) is 19.9 Å². The van der Waals surface area contributed by atoms with Gasteiger partial charge in [-0.3, -0.25) is 4.79 Å². The van der Waals surface area contributed by atoms with Gasteiger partial charge in [0.05, 0.1) is 6.07 Å². The summed E-state index contributed by atoms with van der Waals surface area (Å²) in [7, 11) is 3.86. The van der Waals surface area contributed by atoms with Crippen LogP contribution in [0.5, 0.6) is 0 Å². The molecule has 4 nitrogen and oxygen atoms in total. The van der Waals surface area contributed by atoms with Crippen LogP contribution in [0.15, 0.2) is 24.3 Å². The van der Waals surface area contributed by atoms with Crippen LogP contribution >= 0.6 is 0 Å². The molecule has 0 spiro atoms. The summed E-state index contributed by atoms with van der Waals surface area (Å²) in [6, 6.07) is 9.46. The Labute approximate surface area is 102 Å². The number of benzene rings is 1. The second-order valence-corrected chi connectivity index (χ2v) is 4.64. The van der Waals surface area contributed by atoms with Gasteiger partial charge in [0.2, 0.25) is 5.91 Å². The van der Waals surface area contributed by atoms with E-state index < -0.39 is 5.41 Å². The molecule has 1 amide bonds. The van der Waals surface area contributed by atoms with Crippen molar-refractivity contribution in [2.75, 3.05) is 24.3 Å². The van der Waals surface area contributed by atoms with Gasteiger partial charge in [0, 0.05) is 25.5 Å². The number of anilines is 2. The first-order chi connectivity index (χ1) is 7.86. The second-order valence-electron chi connectivity index (χ2n) is 4.64. The molecule has 0 bridgehead atoms. The summed E-state index contributed by atoms with van der Waals surface area (Å²) >= 11 is 0. The quantitative estimate of drug-likeness (QED) is 0.868. The highest BCUT2D eigenvalue weighted by Crippen LogP contribution is 2.20. The lowest BCUT2D eigenvalue weighted by atomic mass is 9.94. The monoisotopic (exact) mass is 231 g/mol. The molecule has 1 aromatic carbocycles. The number of carbonyl (C=O) groups is 1. The molecule has 1 N–H and O–H groups in total. The highest BCUT2D eigenvalue weighted by Gasteiger charge is 2.27. The molecule has 1 aromatic rings.